The number of nitrogens with one attached hydrogen (secondary N) is 2. The van der Waals surface area contributed by atoms with E-state index in [0.717, 1.165) is 11.3 Å². The van der Waals surface area contributed by atoms with Gasteiger partial charge in [-0.25, -0.2) is 4.79 Å². The van der Waals surface area contributed by atoms with Crippen molar-refractivity contribution in [2.24, 2.45) is 0 Å². The molecule has 7 heteroatoms. The van der Waals surface area contributed by atoms with Crippen LogP contribution in [0.2, 0.25) is 0 Å². The summed E-state index contributed by atoms with van der Waals surface area (Å²) < 4.78 is 10.6. The van der Waals surface area contributed by atoms with Gasteiger partial charge in [-0.2, -0.15) is 0 Å². The van der Waals surface area contributed by atoms with Gasteiger partial charge in [0.25, 0.3) is 11.8 Å². The lowest BCUT2D eigenvalue weighted by atomic mass is 10.0. The molecule has 0 bridgehead atoms. The van der Waals surface area contributed by atoms with Gasteiger partial charge < -0.3 is 20.1 Å². The second-order valence-corrected chi connectivity index (χ2v) is 6.46. The number of esters is 1. The Morgan fingerprint density at radius 2 is 1.82 bits per heavy atom. The molecule has 0 saturated heterocycles. The zero-order chi connectivity index (χ0) is 19.9. The van der Waals surface area contributed by atoms with Gasteiger partial charge in [-0.15, -0.1) is 0 Å². The fourth-order valence-corrected chi connectivity index (χ4v) is 2.92. The van der Waals surface area contributed by atoms with Crippen LogP contribution in [-0.2, 0) is 14.3 Å². The molecular weight excluding hydrogens is 360 g/mol. The molecule has 0 unspecified atom stereocenters. The number of hydrogen-bond donors (Lipinski definition) is 2. The molecule has 0 fully saturated rings. The van der Waals surface area contributed by atoms with Crippen molar-refractivity contribution in [3.05, 3.63) is 65.7 Å². The summed E-state index contributed by atoms with van der Waals surface area (Å²) in [4.78, 5) is 36.3. The zero-order valence-corrected chi connectivity index (χ0v) is 15.5. The van der Waals surface area contributed by atoms with Crippen LogP contribution in [0.15, 0.2) is 54.6 Å². The van der Waals surface area contributed by atoms with Gasteiger partial charge in [0.05, 0.1) is 12.6 Å². The molecule has 0 aliphatic carbocycles. The predicted molar refractivity (Wildman–Crippen MR) is 102 cm³/mol. The smallest absolute Gasteiger partial charge is 0.328 e. The van der Waals surface area contributed by atoms with Crippen LogP contribution in [-0.4, -0.2) is 37.0 Å². The van der Waals surface area contributed by atoms with Gasteiger partial charge in [0.2, 0.25) is 0 Å². The first-order chi connectivity index (χ1) is 13.5. The average molecular weight is 382 g/mol. The number of carbonyl (C=O) groups excluding carboxylic acids is 3. The Kier molecular flexibility index (Phi) is 6.26. The Morgan fingerprint density at radius 1 is 1.11 bits per heavy atom. The summed E-state index contributed by atoms with van der Waals surface area (Å²) >= 11 is 0. The van der Waals surface area contributed by atoms with E-state index in [-0.39, 0.29) is 11.9 Å². The number of fused-ring (bicyclic) bond motifs is 1. The summed E-state index contributed by atoms with van der Waals surface area (Å²) in [5.74, 6) is -0.718. The topological polar surface area (TPSA) is 93.7 Å². The fraction of sp³-hybridized carbons (Fsp3) is 0.286. The molecule has 2 N–H and O–H groups in total. The van der Waals surface area contributed by atoms with Gasteiger partial charge in [0, 0.05) is 17.5 Å². The van der Waals surface area contributed by atoms with Crippen LogP contribution in [0.25, 0.3) is 0 Å². The monoisotopic (exact) mass is 382 g/mol. The molecule has 0 aromatic heterocycles. The van der Waals surface area contributed by atoms with E-state index in [2.05, 4.69) is 10.6 Å². The molecule has 1 heterocycles. The van der Waals surface area contributed by atoms with Crippen molar-refractivity contribution < 1.29 is 23.9 Å². The second-order valence-electron chi connectivity index (χ2n) is 6.46. The van der Waals surface area contributed by atoms with Crippen molar-refractivity contribution in [1.82, 2.24) is 10.6 Å². The van der Waals surface area contributed by atoms with E-state index in [0.29, 0.717) is 18.6 Å². The molecule has 7 nitrogen and oxygen atoms in total. The Balaban J connectivity index is 1.47. The molecule has 28 heavy (non-hydrogen) atoms. The number of benzene rings is 2. The van der Waals surface area contributed by atoms with Gasteiger partial charge in [0.1, 0.15) is 11.8 Å². The van der Waals surface area contributed by atoms with Crippen LogP contribution in [0, 0.1) is 0 Å². The van der Waals surface area contributed by atoms with Gasteiger partial charge in [-0.05, 0) is 25.1 Å². The van der Waals surface area contributed by atoms with E-state index in [1.165, 1.54) is 6.92 Å². The Bertz CT molecular complexity index is 853. The largest absolute Gasteiger partial charge is 0.493 e. The number of amides is 2. The van der Waals surface area contributed by atoms with Crippen molar-refractivity contribution in [2.45, 2.75) is 25.4 Å². The normalized spacial score (nSPS) is 16.1. The summed E-state index contributed by atoms with van der Waals surface area (Å²) in [6.45, 7) is 1.60. The second kappa shape index (κ2) is 9.03. The highest BCUT2D eigenvalue weighted by Crippen LogP contribution is 2.31. The minimum Gasteiger partial charge on any atom is -0.493 e. The molecule has 2 atom stereocenters. The SMILES string of the molecule is C[C@@H](NC(=O)c1ccccc1)C(=O)OCC(=O)N[C@H]1CCOc2ccccc21. The molecule has 0 radical (unpaired) electrons. The van der Waals surface area contributed by atoms with E-state index >= 15 is 0 Å². The van der Waals surface area contributed by atoms with Crippen molar-refractivity contribution in [2.75, 3.05) is 13.2 Å². The molecule has 1 aliphatic heterocycles. The number of ether oxygens (including phenoxy) is 2. The highest BCUT2D eigenvalue weighted by molar-refractivity contribution is 5.96. The number of rotatable bonds is 6. The summed E-state index contributed by atoms with van der Waals surface area (Å²) in [6.07, 6.45) is 0.639. The minimum absolute atomic E-state index is 0.189. The van der Waals surface area contributed by atoms with Crippen LogP contribution in [0.5, 0.6) is 5.75 Å². The Hall–Kier alpha value is -3.35. The predicted octanol–water partition coefficient (Wildman–Crippen LogP) is 1.99. The third-order valence-corrected chi connectivity index (χ3v) is 4.38. The Morgan fingerprint density at radius 3 is 2.61 bits per heavy atom. The third-order valence-electron chi connectivity index (χ3n) is 4.38. The quantitative estimate of drug-likeness (QED) is 0.745. The van der Waals surface area contributed by atoms with Crippen LogP contribution < -0.4 is 15.4 Å². The zero-order valence-electron chi connectivity index (χ0n) is 15.5. The summed E-state index contributed by atoms with van der Waals surface area (Å²) in [6, 6.07) is 15.0. The molecule has 2 aromatic carbocycles. The van der Waals surface area contributed by atoms with Crippen molar-refractivity contribution in [3.8, 4) is 5.75 Å². The van der Waals surface area contributed by atoms with Crippen molar-refractivity contribution in [1.29, 1.82) is 0 Å². The number of hydrogen-bond acceptors (Lipinski definition) is 5. The standard InChI is InChI=1S/C21H22N2O5/c1-14(22-20(25)15-7-3-2-4-8-15)21(26)28-13-19(24)23-17-11-12-27-18-10-6-5-9-16(17)18/h2-10,14,17H,11-13H2,1H3,(H,22,25)(H,23,24)/t14-,17+/m1/s1. The van der Waals surface area contributed by atoms with E-state index < -0.39 is 24.5 Å². The van der Waals surface area contributed by atoms with Crippen LogP contribution in [0.3, 0.4) is 0 Å². The highest BCUT2D eigenvalue weighted by atomic mass is 16.5. The summed E-state index contributed by atoms with van der Waals surface area (Å²) in [7, 11) is 0. The van der Waals surface area contributed by atoms with E-state index in [4.69, 9.17) is 9.47 Å². The van der Waals surface area contributed by atoms with E-state index in [1.54, 1.807) is 30.3 Å². The summed E-state index contributed by atoms with van der Waals surface area (Å²) in [5, 5.41) is 5.40. The first-order valence-corrected chi connectivity index (χ1v) is 9.08. The first-order valence-electron chi connectivity index (χ1n) is 9.08. The average Bonchev–Trinajstić information content (AvgIpc) is 2.73. The van der Waals surface area contributed by atoms with E-state index in [1.807, 2.05) is 24.3 Å². The minimum atomic E-state index is -0.871. The third kappa shape index (κ3) is 4.88. The molecule has 146 valence electrons. The lowest BCUT2D eigenvalue weighted by Crippen LogP contribution is -2.41. The van der Waals surface area contributed by atoms with Gasteiger partial charge >= 0.3 is 5.97 Å². The van der Waals surface area contributed by atoms with Gasteiger partial charge in [0.15, 0.2) is 6.61 Å². The fourth-order valence-electron chi connectivity index (χ4n) is 2.92. The molecule has 0 spiro atoms. The molecule has 0 saturated carbocycles. The maximum atomic E-state index is 12.2. The van der Waals surface area contributed by atoms with Crippen molar-refractivity contribution >= 4 is 17.8 Å². The molecule has 3 rings (SSSR count). The molecule has 2 aromatic rings. The van der Waals surface area contributed by atoms with Crippen LogP contribution in [0.4, 0.5) is 0 Å². The van der Waals surface area contributed by atoms with Crippen molar-refractivity contribution in [3.63, 3.8) is 0 Å². The number of carbonyl (C=O) groups is 3. The maximum absolute atomic E-state index is 12.2. The van der Waals surface area contributed by atoms with Crippen LogP contribution >= 0.6 is 0 Å². The van der Waals surface area contributed by atoms with Crippen LogP contribution in [0.1, 0.15) is 35.3 Å². The number of para-hydroxylation sites is 1. The summed E-state index contributed by atoms with van der Waals surface area (Å²) in [5.41, 5.74) is 1.34. The first kappa shape index (κ1) is 19.4. The lowest BCUT2D eigenvalue weighted by Gasteiger charge is -2.26. The van der Waals surface area contributed by atoms with Gasteiger partial charge in [-0.1, -0.05) is 36.4 Å². The van der Waals surface area contributed by atoms with Gasteiger partial charge in [-0.3, -0.25) is 9.59 Å². The molecule has 1 aliphatic rings. The molecular formula is C21H22N2O5. The van der Waals surface area contributed by atoms with E-state index in [9.17, 15) is 14.4 Å². The molecule has 2 amide bonds. The Labute approximate surface area is 163 Å². The maximum Gasteiger partial charge on any atom is 0.328 e. The highest BCUT2D eigenvalue weighted by Gasteiger charge is 2.24. The lowest BCUT2D eigenvalue weighted by molar-refractivity contribution is -0.150.